The Labute approximate surface area is 383 Å². The van der Waals surface area contributed by atoms with Crippen molar-refractivity contribution in [1.29, 1.82) is 0 Å². The minimum Gasteiger partial charge on any atom is -0.500 e. The Balaban J connectivity index is 0.00000504. The van der Waals surface area contributed by atoms with Gasteiger partial charge in [-0.15, -0.1) is 0 Å². The molecule has 1 N–H and O–H groups in total. The number of hydrogen-bond donors (Lipinski definition) is 1. The van der Waals surface area contributed by atoms with Gasteiger partial charge in [-0.25, -0.2) is 4.98 Å². The van der Waals surface area contributed by atoms with Crippen LogP contribution in [0.15, 0.2) is 130 Å². The zero-order chi connectivity index (χ0) is 43.3. The van der Waals surface area contributed by atoms with Gasteiger partial charge in [0.15, 0.2) is 0 Å². The summed E-state index contributed by atoms with van der Waals surface area (Å²) in [7, 11) is 0. The van der Waals surface area contributed by atoms with Crippen LogP contribution in [0.25, 0.3) is 78.0 Å². The average Bonchev–Trinajstić information content (AvgIpc) is 3.82. The molecule has 0 spiro atoms. The molecule has 7 nitrogen and oxygen atoms in total. The van der Waals surface area contributed by atoms with E-state index in [9.17, 15) is 5.21 Å². The van der Waals surface area contributed by atoms with Gasteiger partial charge < -0.3 is 18.6 Å². The number of nitrogens with zero attached hydrogens (tertiary/aromatic N) is 3. The second-order valence-electron chi connectivity index (χ2n) is 20.6. The molecule has 0 unspecified atom stereocenters. The summed E-state index contributed by atoms with van der Waals surface area (Å²) in [5.74, 6) is 0.930. The van der Waals surface area contributed by atoms with E-state index in [0.29, 0.717) is 45.3 Å². The third-order valence-corrected chi connectivity index (χ3v) is 13.0. The molecule has 10 rings (SSSR count). The van der Waals surface area contributed by atoms with Crippen molar-refractivity contribution >= 4 is 33.1 Å². The molecule has 5 heterocycles. The van der Waals surface area contributed by atoms with Gasteiger partial charge in [-0.05, 0) is 109 Å². The van der Waals surface area contributed by atoms with E-state index in [-0.39, 0.29) is 48.6 Å². The molecule has 5 aromatic heterocycles. The molecule has 0 amide bonds. The quantitative estimate of drug-likeness (QED) is 0.0973. The molecule has 0 bridgehead atoms. The fourth-order valence-electron chi connectivity index (χ4n) is 11.4. The first kappa shape index (κ1) is 42.5. The summed E-state index contributed by atoms with van der Waals surface area (Å²) in [5, 5.41) is 13.3. The number of benzene rings is 4. The Hall–Kier alpha value is -5.78. The standard InChI is InChI=1S/C55H53N3O4.Pt/c1-52(2,3)38-22-24-56-40(29-38)39-30-45(50-48-47-43(61-49(39)48)16-13-17-44(47)62-50)60-46-28-37(35-20-18-34(19-21-35)33-14-11-10-12-15-33)26-41(57-46)42-27-36(23-25-58(42)59)51-54(6,7)31-53(4,5)32-55(51,8)9;/h10-29,51,59H,31-32H2,1-9H3;. The summed E-state index contributed by atoms with van der Waals surface area (Å²) in [5.41, 5.74) is 11.7. The molecule has 0 aliphatic heterocycles. The Morgan fingerprint density at radius 3 is 2.00 bits per heavy atom. The Bertz CT molecular complexity index is 3120. The number of hydrogen-bond acceptors (Lipinski definition) is 6. The van der Waals surface area contributed by atoms with Crippen molar-refractivity contribution in [3.63, 3.8) is 0 Å². The molecule has 9 aromatic rings. The van der Waals surface area contributed by atoms with Crippen LogP contribution in [0.2, 0.25) is 0 Å². The van der Waals surface area contributed by atoms with Gasteiger partial charge in [0.05, 0.1) is 22.3 Å². The van der Waals surface area contributed by atoms with Gasteiger partial charge in [0, 0.05) is 50.2 Å². The van der Waals surface area contributed by atoms with Crippen LogP contribution in [0.5, 0.6) is 11.6 Å². The topological polar surface area (TPSA) is 85.4 Å². The molecule has 1 fully saturated rings. The van der Waals surface area contributed by atoms with Crippen molar-refractivity contribution < 1.29 is 44.6 Å². The molecule has 0 radical (unpaired) electrons. The zero-order valence-electron chi connectivity index (χ0n) is 37.4. The van der Waals surface area contributed by atoms with Gasteiger partial charge >= 0.3 is 0 Å². The van der Waals surface area contributed by atoms with Crippen molar-refractivity contribution in [2.75, 3.05) is 0 Å². The van der Waals surface area contributed by atoms with Gasteiger partial charge in [-0.2, -0.15) is 0 Å². The molecule has 322 valence electrons. The number of aromatic nitrogens is 3. The fourth-order valence-corrected chi connectivity index (χ4v) is 11.4. The number of pyridine rings is 3. The molecular formula is C55H53N3O4Pt. The van der Waals surface area contributed by atoms with E-state index in [0.717, 1.165) is 62.7 Å². The Morgan fingerprint density at radius 2 is 1.33 bits per heavy atom. The molecule has 63 heavy (non-hydrogen) atoms. The Kier molecular flexibility index (Phi) is 10.3. The maximum atomic E-state index is 11.6. The molecule has 4 aromatic carbocycles. The van der Waals surface area contributed by atoms with Gasteiger partial charge in [-0.3, -0.25) is 5.21 Å². The van der Waals surface area contributed by atoms with Crippen LogP contribution in [0.3, 0.4) is 0 Å². The van der Waals surface area contributed by atoms with Crippen molar-refractivity contribution in [2.24, 2.45) is 16.2 Å². The monoisotopic (exact) mass is 1010 g/mol. The predicted molar refractivity (Wildman–Crippen MR) is 247 cm³/mol. The summed E-state index contributed by atoms with van der Waals surface area (Å²) >= 11 is 0. The van der Waals surface area contributed by atoms with E-state index in [1.165, 1.54) is 10.3 Å². The zero-order valence-corrected chi connectivity index (χ0v) is 39.6. The first-order valence-electron chi connectivity index (χ1n) is 21.6. The summed E-state index contributed by atoms with van der Waals surface area (Å²) in [4.78, 5) is 9.99. The predicted octanol–water partition coefficient (Wildman–Crippen LogP) is 14.6. The van der Waals surface area contributed by atoms with E-state index >= 15 is 0 Å². The molecule has 0 atom stereocenters. The Morgan fingerprint density at radius 1 is 0.698 bits per heavy atom. The van der Waals surface area contributed by atoms with E-state index in [4.69, 9.17) is 23.5 Å². The van der Waals surface area contributed by atoms with Gasteiger partial charge in [-0.1, -0.05) is 141 Å². The summed E-state index contributed by atoms with van der Waals surface area (Å²) in [6.45, 7) is 20.9. The second kappa shape index (κ2) is 15.2. The smallest absolute Gasteiger partial charge is 0.283 e. The first-order chi connectivity index (χ1) is 29.4. The van der Waals surface area contributed by atoms with E-state index in [1.54, 1.807) is 6.20 Å². The van der Waals surface area contributed by atoms with E-state index < -0.39 is 0 Å². The molecule has 8 heteroatoms. The minimum atomic E-state index is -0.103. The maximum absolute atomic E-state index is 11.6. The summed E-state index contributed by atoms with van der Waals surface area (Å²) in [6, 6.07) is 40.5. The van der Waals surface area contributed by atoms with Crippen molar-refractivity contribution in [1.82, 2.24) is 9.97 Å². The van der Waals surface area contributed by atoms with Crippen LogP contribution in [-0.4, -0.2) is 15.2 Å². The third kappa shape index (κ3) is 7.63. The maximum Gasteiger partial charge on any atom is 0.283 e. The summed E-state index contributed by atoms with van der Waals surface area (Å²) < 4.78 is 21.2. The average molecular weight is 1020 g/mol. The van der Waals surface area contributed by atoms with Crippen molar-refractivity contribution in [2.45, 2.75) is 86.5 Å². The normalized spacial score (nSPS) is 16.1. The summed E-state index contributed by atoms with van der Waals surface area (Å²) in [6.07, 6.45) is 5.78. The minimum absolute atomic E-state index is 0. The molecule has 0 saturated heterocycles. The second-order valence-corrected chi connectivity index (χ2v) is 20.6. The molecular weight excluding hydrogens is 962 g/mol. The van der Waals surface area contributed by atoms with E-state index in [2.05, 4.69) is 135 Å². The SMILES string of the molecule is CC1(C)CC(C)(C)C(c2cc[n+](O)c(-c3cc(-c4ccc(-c5ccccc5)cc4)cc(Oc4[c-]c(-c5cc(C(C)(C)C)ccn5)c5oc6cccc7oc4c5c76)n3)c2)C(C)(C)C1.[Pt]. The van der Waals surface area contributed by atoms with Crippen molar-refractivity contribution in [3.05, 3.63) is 139 Å². The van der Waals surface area contributed by atoms with Crippen molar-refractivity contribution in [3.8, 4) is 56.5 Å². The molecule has 1 aliphatic rings. The van der Waals surface area contributed by atoms with Crippen LogP contribution in [-0.2, 0) is 26.5 Å². The first-order valence-corrected chi connectivity index (χ1v) is 21.6. The largest absolute Gasteiger partial charge is 0.500 e. The number of ether oxygens (including phenoxy) is 1. The molecule has 1 saturated carbocycles. The van der Waals surface area contributed by atoms with Crippen LogP contribution in [0.1, 0.15) is 92.2 Å². The van der Waals surface area contributed by atoms with Crippen LogP contribution in [0.4, 0.5) is 0 Å². The van der Waals surface area contributed by atoms with Gasteiger partial charge in [0.25, 0.3) is 5.69 Å². The van der Waals surface area contributed by atoms with Crippen LogP contribution >= 0.6 is 0 Å². The fraction of sp³-hybridized carbons (Fsp3) is 0.291. The van der Waals surface area contributed by atoms with Gasteiger partial charge in [0.1, 0.15) is 16.9 Å². The number of furan rings is 2. The third-order valence-electron chi connectivity index (χ3n) is 13.0. The van der Waals surface area contributed by atoms with Crippen LogP contribution < -0.4 is 9.47 Å². The molecule has 1 aliphatic carbocycles. The van der Waals surface area contributed by atoms with Crippen LogP contribution in [0, 0.1) is 22.3 Å². The van der Waals surface area contributed by atoms with E-state index in [1.807, 2.05) is 48.7 Å². The number of rotatable bonds is 7. The van der Waals surface area contributed by atoms with Gasteiger partial charge in [0.2, 0.25) is 12.1 Å².